The molecule has 0 N–H and O–H groups in total. The standard InChI is InChI=1S/C15H17N3O/c1-11(19)17-7-13-9-18(10-14(13)8-17)15-4-2-12(6-16)3-5-15/h2-5,13-14H,7-10H2,1H3/t13-,14+. The number of carbonyl (C=O) groups is 1. The van der Waals surface area contributed by atoms with Crippen LogP contribution in [-0.2, 0) is 4.79 Å². The van der Waals surface area contributed by atoms with Gasteiger partial charge in [-0.05, 0) is 24.3 Å². The second-order valence-electron chi connectivity index (χ2n) is 5.51. The van der Waals surface area contributed by atoms with Gasteiger partial charge in [-0.25, -0.2) is 0 Å². The molecule has 4 nitrogen and oxygen atoms in total. The molecule has 1 aromatic rings. The molecule has 2 heterocycles. The Kier molecular flexibility index (Phi) is 2.90. The van der Waals surface area contributed by atoms with E-state index in [2.05, 4.69) is 11.0 Å². The van der Waals surface area contributed by atoms with E-state index < -0.39 is 0 Å². The zero-order valence-corrected chi connectivity index (χ0v) is 11.0. The van der Waals surface area contributed by atoms with Crippen molar-refractivity contribution in [2.24, 2.45) is 11.8 Å². The molecule has 19 heavy (non-hydrogen) atoms. The molecule has 98 valence electrons. The maximum Gasteiger partial charge on any atom is 0.219 e. The van der Waals surface area contributed by atoms with Crippen LogP contribution >= 0.6 is 0 Å². The van der Waals surface area contributed by atoms with Crippen LogP contribution < -0.4 is 4.90 Å². The maximum absolute atomic E-state index is 11.4. The molecule has 0 bridgehead atoms. The largest absolute Gasteiger partial charge is 0.371 e. The first-order chi connectivity index (χ1) is 9.17. The molecule has 4 heteroatoms. The fraction of sp³-hybridized carbons (Fsp3) is 0.467. The Labute approximate surface area is 113 Å². The Morgan fingerprint density at radius 3 is 2.21 bits per heavy atom. The lowest BCUT2D eigenvalue weighted by Gasteiger charge is -2.22. The fourth-order valence-corrected chi connectivity index (χ4v) is 3.21. The van der Waals surface area contributed by atoms with Gasteiger partial charge >= 0.3 is 0 Å². The van der Waals surface area contributed by atoms with E-state index in [4.69, 9.17) is 5.26 Å². The van der Waals surface area contributed by atoms with Crippen LogP contribution in [0.1, 0.15) is 12.5 Å². The van der Waals surface area contributed by atoms with Gasteiger partial charge in [0.2, 0.25) is 5.91 Å². The molecule has 0 spiro atoms. The molecule has 2 fully saturated rings. The second-order valence-corrected chi connectivity index (χ2v) is 5.51. The lowest BCUT2D eigenvalue weighted by atomic mass is 10.0. The number of nitrogens with zero attached hydrogens (tertiary/aromatic N) is 3. The molecule has 3 rings (SSSR count). The van der Waals surface area contributed by atoms with Gasteiger partial charge in [-0.2, -0.15) is 5.26 Å². The Morgan fingerprint density at radius 2 is 1.74 bits per heavy atom. The van der Waals surface area contributed by atoms with Crippen LogP contribution in [0.15, 0.2) is 24.3 Å². The quantitative estimate of drug-likeness (QED) is 0.763. The molecular weight excluding hydrogens is 238 g/mol. The van der Waals surface area contributed by atoms with Crippen molar-refractivity contribution in [2.75, 3.05) is 31.1 Å². The van der Waals surface area contributed by atoms with E-state index in [1.165, 1.54) is 5.69 Å². The highest BCUT2D eigenvalue weighted by atomic mass is 16.2. The first kappa shape index (κ1) is 12.0. The summed E-state index contributed by atoms with van der Waals surface area (Å²) in [5, 5.41) is 8.81. The first-order valence-electron chi connectivity index (χ1n) is 6.68. The molecule has 0 saturated carbocycles. The van der Waals surface area contributed by atoms with Crippen molar-refractivity contribution in [3.8, 4) is 6.07 Å². The Bertz CT molecular complexity index is 517. The van der Waals surface area contributed by atoms with E-state index in [0.717, 1.165) is 26.2 Å². The molecule has 0 aliphatic carbocycles. The van der Waals surface area contributed by atoms with E-state index in [0.29, 0.717) is 17.4 Å². The van der Waals surface area contributed by atoms with Crippen molar-refractivity contribution >= 4 is 11.6 Å². The molecule has 2 saturated heterocycles. The van der Waals surface area contributed by atoms with Gasteiger partial charge in [0.15, 0.2) is 0 Å². The van der Waals surface area contributed by atoms with Gasteiger partial charge in [-0.1, -0.05) is 0 Å². The van der Waals surface area contributed by atoms with E-state index in [-0.39, 0.29) is 5.91 Å². The van der Waals surface area contributed by atoms with Crippen molar-refractivity contribution in [2.45, 2.75) is 6.92 Å². The van der Waals surface area contributed by atoms with E-state index in [1.807, 2.05) is 29.2 Å². The van der Waals surface area contributed by atoms with Gasteiger partial charge in [0, 0.05) is 50.6 Å². The average Bonchev–Trinajstić information content (AvgIpc) is 2.97. The summed E-state index contributed by atoms with van der Waals surface area (Å²) in [5.41, 5.74) is 1.88. The van der Waals surface area contributed by atoms with E-state index in [9.17, 15) is 4.79 Å². The Hall–Kier alpha value is -2.02. The third-order valence-corrected chi connectivity index (χ3v) is 4.29. The van der Waals surface area contributed by atoms with Crippen LogP contribution in [0.25, 0.3) is 0 Å². The van der Waals surface area contributed by atoms with Gasteiger partial charge in [0.25, 0.3) is 0 Å². The van der Waals surface area contributed by atoms with Crippen molar-refractivity contribution in [1.82, 2.24) is 4.90 Å². The lowest BCUT2D eigenvalue weighted by Crippen LogP contribution is -2.31. The van der Waals surface area contributed by atoms with Gasteiger partial charge in [-0.3, -0.25) is 4.79 Å². The maximum atomic E-state index is 11.4. The van der Waals surface area contributed by atoms with Crippen molar-refractivity contribution in [3.63, 3.8) is 0 Å². The zero-order chi connectivity index (χ0) is 13.4. The monoisotopic (exact) mass is 255 g/mol. The number of benzene rings is 1. The predicted molar refractivity (Wildman–Crippen MR) is 72.6 cm³/mol. The Morgan fingerprint density at radius 1 is 1.16 bits per heavy atom. The minimum atomic E-state index is 0.194. The summed E-state index contributed by atoms with van der Waals surface area (Å²) in [6.45, 7) is 5.47. The summed E-state index contributed by atoms with van der Waals surface area (Å²) in [7, 11) is 0. The van der Waals surface area contributed by atoms with Crippen molar-refractivity contribution in [3.05, 3.63) is 29.8 Å². The highest BCUT2D eigenvalue weighted by Crippen LogP contribution is 2.33. The number of hydrogen-bond donors (Lipinski definition) is 0. The minimum absolute atomic E-state index is 0.194. The minimum Gasteiger partial charge on any atom is -0.371 e. The topological polar surface area (TPSA) is 47.3 Å². The number of anilines is 1. The van der Waals surface area contributed by atoms with Crippen LogP contribution in [0.2, 0.25) is 0 Å². The normalized spacial score (nSPS) is 25.3. The molecular formula is C15H17N3O. The zero-order valence-electron chi connectivity index (χ0n) is 11.0. The van der Waals surface area contributed by atoms with Crippen LogP contribution in [0, 0.1) is 23.2 Å². The summed E-state index contributed by atoms with van der Waals surface area (Å²) in [4.78, 5) is 15.7. The highest BCUT2D eigenvalue weighted by molar-refractivity contribution is 5.73. The van der Waals surface area contributed by atoms with Crippen LogP contribution in [0.3, 0.4) is 0 Å². The summed E-state index contributed by atoms with van der Waals surface area (Å²) in [6, 6.07) is 9.91. The van der Waals surface area contributed by atoms with Crippen molar-refractivity contribution in [1.29, 1.82) is 5.26 Å². The fourth-order valence-electron chi connectivity index (χ4n) is 3.21. The smallest absolute Gasteiger partial charge is 0.219 e. The highest BCUT2D eigenvalue weighted by Gasteiger charge is 2.40. The summed E-state index contributed by atoms with van der Waals surface area (Å²) in [6.07, 6.45) is 0. The molecule has 1 aromatic carbocycles. The number of nitriles is 1. The molecule has 2 aliphatic rings. The average molecular weight is 255 g/mol. The lowest BCUT2D eigenvalue weighted by molar-refractivity contribution is -0.128. The number of likely N-dealkylation sites (tertiary alicyclic amines) is 1. The van der Waals surface area contributed by atoms with Crippen LogP contribution in [0.5, 0.6) is 0 Å². The van der Waals surface area contributed by atoms with Crippen molar-refractivity contribution < 1.29 is 4.79 Å². The molecule has 2 aliphatic heterocycles. The van der Waals surface area contributed by atoms with Gasteiger partial charge in [-0.15, -0.1) is 0 Å². The third kappa shape index (κ3) is 2.17. The number of carbonyl (C=O) groups excluding carboxylic acids is 1. The van der Waals surface area contributed by atoms with Gasteiger partial charge < -0.3 is 9.80 Å². The third-order valence-electron chi connectivity index (χ3n) is 4.29. The van der Waals surface area contributed by atoms with Gasteiger partial charge in [0.05, 0.1) is 11.6 Å². The number of rotatable bonds is 1. The van der Waals surface area contributed by atoms with Gasteiger partial charge in [0.1, 0.15) is 0 Å². The second kappa shape index (κ2) is 4.58. The molecule has 0 aromatic heterocycles. The summed E-state index contributed by atoms with van der Waals surface area (Å²) in [5.74, 6) is 1.39. The van der Waals surface area contributed by atoms with Crippen LogP contribution in [0.4, 0.5) is 5.69 Å². The molecule has 0 unspecified atom stereocenters. The summed E-state index contributed by atoms with van der Waals surface area (Å²) < 4.78 is 0. The predicted octanol–water partition coefficient (Wildman–Crippen LogP) is 1.47. The van der Waals surface area contributed by atoms with E-state index >= 15 is 0 Å². The Balaban J connectivity index is 1.68. The number of fused-ring (bicyclic) bond motifs is 1. The van der Waals surface area contributed by atoms with Crippen LogP contribution in [-0.4, -0.2) is 37.0 Å². The summed E-state index contributed by atoms with van der Waals surface area (Å²) >= 11 is 0. The SMILES string of the molecule is CC(=O)N1C[C@@H]2CN(c3ccc(C#N)cc3)C[C@@H]2C1. The molecule has 2 atom stereocenters. The molecule has 1 amide bonds. The number of hydrogen-bond acceptors (Lipinski definition) is 3. The molecule has 0 radical (unpaired) electrons. The number of amides is 1. The van der Waals surface area contributed by atoms with E-state index in [1.54, 1.807) is 6.92 Å². The first-order valence-corrected chi connectivity index (χ1v) is 6.68.